The Balaban J connectivity index is 2.44. The maximum atomic E-state index is 9.38. The molecule has 1 saturated carbocycles. The number of rotatable bonds is 1. The molecule has 0 radical (unpaired) electrons. The quantitative estimate of drug-likeness (QED) is 0.677. The van der Waals surface area contributed by atoms with Crippen molar-refractivity contribution in [3.63, 3.8) is 0 Å². The van der Waals surface area contributed by atoms with Crippen molar-refractivity contribution in [3.8, 4) is 6.07 Å². The van der Waals surface area contributed by atoms with E-state index >= 15 is 0 Å². The largest absolute Gasteiger partial charge is 0.197 e. The fourth-order valence-corrected chi connectivity index (χ4v) is 2.48. The fraction of sp³-hybridized carbons (Fsp3) is 0.500. The molecule has 1 aromatic rings. The minimum absolute atomic E-state index is 0.182. The minimum Gasteiger partial charge on any atom is -0.197 e. The topological polar surface area (TPSA) is 23.8 Å². The van der Waals surface area contributed by atoms with Gasteiger partial charge >= 0.3 is 0 Å². The highest BCUT2D eigenvalue weighted by Gasteiger charge is 2.35. The van der Waals surface area contributed by atoms with E-state index in [4.69, 9.17) is 0 Å². The summed E-state index contributed by atoms with van der Waals surface area (Å²) < 4.78 is 0. The Morgan fingerprint density at radius 2 is 1.80 bits per heavy atom. The maximum absolute atomic E-state index is 9.38. The van der Waals surface area contributed by atoms with Gasteiger partial charge in [0.15, 0.2) is 0 Å². The van der Waals surface area contributed by atoms with Gasteiger partial charge < -0.3 is 0 Å². The molecule has 0 heterocycles. The normalized spacial score (nSPS) is 18.7. The minimum atomic E-state index is -0.182. The van der Waals surface area contributed by atoms with Gasteiger partial charge in [-0.1, -0.05) is 31.0 Å². The van der Waals surface area contributed by atoms with Gasteiger partial charge in [-0.05, 0) is 43.4 Å². The predicted molar refractivity (Wildman–Crippen MR) is 61.7 cm³/mol. The molecular weight excluding hydrogens is 182 g/mol. The number of nitrogens with zero attached hydrogens (tertiary/aromatic N) is 1. The van der Waals surface area contributed by atoms with E-state index in [1.165, 1.54) is 29.5 Å². The first-order valence-corrected chi connectivity index (χ1v) is 5.67. The maximum Gasteiger partial charge on any atom is 0.0822 e. The number of hydrogen-bond acceptors (Lipinski definition) is 1. The van der Waals surface area contributed by atoms with Crippen molar-refractivity contribution in [1.82, 2.24) is 0 Å². The van der Waals surface area contributed by atoms with E-state index in [1.807, 2.05) is 0 Å². The van der Waals surface area contributed by atoms with Crippen molar-refractivity contribution in [2.75, 3.05) is 0 Å². The summed E-state index contributed by atoms with van der Waals surface area (Å²) in [5.41, 5.74) is 3.66. The average molecular weight is 199 g/mol. The van der Waals surface area contributed by atoms with Gasteiger partial charge in [-0.15, -0.1) is 0 Å². The van der Waals surface area contributed by atoms with Crippen LogP contribution in [0.25, 0.3) is 0 Å². The van der Waals surface area contributed by atoms with Gasteiger partial charge in [0.25, 0.3) is 0 Å². The molecule has 1 nitrogen and oxygen atoms in total. The SMILES string of the molecule is Cc1ccc(C2(C#N)CCCC2)cc1C. The van der Waals surface area contributed by atoms with Crippen LogP contribution < -0.4 is 0 Å². The molecule has 1 aliphatic rings. The van der Waals surface area contributed by atoms with Gasteiger partial charge in [0, 0.05) is 0 Å². The van der Waals surface area contributed by atoms with Crippen LogP contribution in [0.5, 0.6) is 0 Å². The zero-order valence-corrected chi connectivity index (χ0v) is 9.51. The van der Waals surface area contributed by atoms with Crippen molar-refractivity contribution in [2.45, 2.75) is 44.9 Å². The molecule has 0 aliphatic heterocycles. The third kappa shape index (κ3) is 1.65. The van der Waals surface area contributed by atoms with Crippen LogP contribution in [0.3, 0.4) is 0 Å². The summed E-state index contributed by atoms with van der Waals surface area (Å²) in [5.74, 6) is 0. The molecule has 0 bridgehead atoms. The van der Waals surface area contributed by atoms with Crippen molar-refractivity contribution < 1.29 is 0 Å². The molecule has 0 N–H and O–H groups in total. The molecule has 0 unspecified atom stereocenters. The summed E-state index contributed by atoms with van der Waals surface area (Å²) >= 11 is 0. The van der Waals surface area contributed by atoms with E-state index < -0.39 is 0 Å². The van der Waals surface area contributed by atoms with Crippen LogP contribution in [0.4, 0.5) is 0 Å². The number of nitriles is 1. The van der Waals surface area contributed by atoms with Crippen LogP contribution in [-0.4, -0.2) is 0 Å². The molecular formula is C14H17N. The Kier molecular flexibility index (Phi) is 2.52. The highest BCUT2D eigenvalue weighted by atomic mass is 14.4. The zero-order valence-electron chi connectivity index (χ0n) is 9.51. The molecule has 1 fully saturated rings. The lowest BCUT2D eigenvalue weighted by molar-refractivity contribution is 0.572. The Morgan fingerprint density at radius 1 is 1.13 bits per heavy atom. The van der Waals surface area contributed by atoms with Gasteiger partial charge in [0.05, 0.1) is 11.5 Å². The highest BCUT2D eigenvalue weighted by Crippen LogP contribution is 2.40. The summed E-state index contributed by atoms with van der Waals surface area (Å²) in [7, 11) is 0. The molecule has 0 aromatic heterocycles. The van der Waals surface area contributed by atoms with Gasteiger partial charge in [-0.2, -0.15) is 5.26 Å². The molecule has 15 heavy (non-hydrogen) atoms. The molecule has 0 atom stereocenters. The Hall–Kier alpha value is -1.29. The monoisotopic (exact) mass is 199 g/mol. The van der Waals surface area contributed by atoms with E-state index in [2.05, 4.69) is 38.1 Å². The molecule has 0 spiro atoms. The summed E-state index contributed by atoms with van der Waals surface area (Å²) in [4.78, 5) is 0. The Bertz CT molecular complexity index is 406. The van der Waals surface area contributed by atoms with Crippen LogP contribution in [0.15, 0.2) is 18.2 Å². The lowest BCUT2D eigenvalue weighted by Gasteiger charge is -2.21. The second-order valence-corrected chi connectivity index (χ2v) is 4.70. The van der Waals surface area contributed by atoms with Crippen molar-refractivity contribution in [3.05, 3.63) is 34.9 Å². The summed E-state index contributed by atoms with van der Waals surface area (Å²) in [6.45, 7) is 4.24. The first-order chi connectivity index (χ1) is 7.18. The molecule has 78 valence electrons. The van der Waals surface area contributed by atoms with Crippen LogP contribution >= 0.6 is 0 Å². The highest BCUT2D eigenvalue weighted by molar-refractivity contribution is 5.39. The standard InChI is InChI=1S/C14H17N/c1-11-5-6-13(9-12(11)2)14(10-15)7-3-4-8-14/h5-6,9H,3-4,7-8H2,1-2H3. The van der Waals surface area contributed by atoms with Crippen LogP contribution in [0.1, 0.15) is 42.4 Å². The van der Waals surface area contributed by atoms with E-state index in [9.17, 15) is 5.26 Å². The van der Waals surface area contributed by atoms with E-state index in [0.29, 0.717) is 0 Å². The Morgan fingerprint density at radius 3 is 2.33 bits per heavy atom. The zero-order chi connectivity index (χ0) is 10.9. The molecule has 2 rings (SSSR count). The van der Waals surface area contributed by atoms with Gasteiger partial charge in [-0.3, -0.25) is 0 Å². The second kappa shape index (κ2) is 3.70. The number of aryl methyl sites for hydroxylation is 2. The lowest BCUT2D eigenvalue weighted by atomic mass is 9.79. The smallest absolute Gasteiger partial charge is 0.0822 e. The molecule has 1 heteroatoms. The third-order valence-electron chi connectivity index (χ3n) is 3.73. The summed E-state index contributed by atoms with van der Waals surface area (Å²) in [5, 5.41) is 9.38. The van der Waals surface area contributed by atoms with Crippen LogP contribution in [0, 0.1) is 25.2 Å². The number of hydrogen-bond donors (Lipinski definition) is 0. The van der Waals surface area contributed by atoms with Gasteiger partial charge in [-0.25, -0.2) is 0 Å². The van der Waals surface area contributed by atoms with E-state index in [-0.39, 0.29) is 5.41 Å². The van der Waals surface area contributed by atoms with Crippen LogP contribution in [0.2, 0.25) is 0 Å². The first kappa shape index (κ1) is 10.2. The van der Waals surface area contributed by atoms with Gasteiger partial charge in [0.1, 0.15) is 0 Å². The van der Waals surface area contributed by atoms with Crippen LogP contribution in [-0.2, 0) is 5.41 Å². The van der Waals surface area contributed by atoms with Gasteiger partial charge in [0.2, 0.25) is 0 Å². The first-order valence-electron chi connectivity index (χ1n) is 5.67. The predicted octanol–water partition coefficient (Wildman–Crippen LogP) is 3.64. The third-order valence-corrected chi connectivity index (χ3v) is 3.73. The van der Waals surface area contributed by atoms with Crippen molar-refractivity contribution >= 4 is 0 Å². The molecule has 1 aromatic carbocycles. The molecule has 0 amide bonds. The lowest BCUT2D eigenvalue weighted by Crippen LogP contribution is -2.19. The Labute approximate surface area is 91.7 Å². The van der Waals surface area contributed by atoms with Crippen molar-refractivity contribution in [1.29, 1.82) is 5.26 Å². The van der Waals surface area contributed by atoms with E-state index in [1.54, 1.807) is 0 Å². The van der Waals surface area contributed by atoms with Crippen molar-refractivity contribution in [2.24, 2.45) is 0 Å². The average Bonchev–Trinajstić information content (AvgIpc) is 2.72. The second-order valence-electron chi connectivity index (χ2n) is 4.70. The molecule has 1 aliphatic carbocycles. The summed E-state index contributed by atoms with van der Waals surface area (Å²) in [6, 6.07) is 9.02. The van der Waals surface area contributed by atoms with E-state index in [0.717, 1.165) is 12.8 Å². The number of benzene rings is 1. The summed E-state index contributed by atoms with van der Waals surface area (Å²) in [6.07, 6.45) is 4.46. The fourth-order valence-electron chi connectivity index (χ4n) is 2.48. The molecule has 0 saturated heterocycles.